The van der Waals surface area contributed by atoms with Crippen LogP contribution in [0.5, 0.6) is 5.75 Å². The van der Waals surface area contributed by atoms with E-state index in [1.807, 2.05) is 57.2 Å². The van der Waals surface area contributed by atoms with Crippen LogP contribution in [0.4, 0.5) is 4.79 Å². The number of fused-ring (bicyclic) bond motifs is 5. The predicted molar refractivity (Wildman–Crippen MR) is 191 cm³/mol. The van der Waals surface area contributed by atoms with Gasteiger partial charge in [0, 0.05) is 61.3 Å². The molecule has 50 heavy (non-hydrogen) atoms. The lowest BCUT2D eigenvalue weighted by molar-refractivity contribution is -0.136. The Morgan fingerprint density at radius 3 is 2.40 bits per heavy atom. The molecule has 2 fully saturated rings. The van der Waals surface area contributed by atoms with E-state index in [1.165, 1.54) is 31.9 Å². The summed E-state index contributed by atoms with van der Waals surface area (Å²) in [5, 5.41) is 1.09. The number of hydrogen-bond acceptors (Lipinski definition) is 9. The van der Waals surface area contributed by atoms with E-state index in [1.54, 1.807) is 12.0 Å². The van der Waals surface area contributed by atoms with Gasteiger partial charge in [0.25, 0.3) is 5.91 Å². The van der Waals surface area contributed by atoms with Crippen LogP contribution in [-0.2, 0) is 25.8 Å². The Balaban J connectivity index is 1.17. The van der Waals surface area contributed by atoms with E-state index in [0.29, 0.717) is 55.5 Å². The molecular formula is C38H49N5O7. The molecule has 0 spiro atoms. The predicted octanol–water partition coefficient (Wildman–Crippen LogP) is 5.65. The molecule has 2 aliphatic heterocycles. The van der Waals surface area contributed by atoms with Crippen LogP contribution < -0.4 is 15.7 Å². The molecule has 0 unspecified atom stereocenters. The van der Waals surface area contributed by atoms with E-state index in [9.17, 15) is 14.4 Å². The van der Waals surface area contributed by atoms with Crippen molar-refractivity contribution in [1.82, 2.24) is 25.3 Å². The van der Waals surface area contributed by atoms with Crippen molar-refractivity contribution in [1.29, 1.82) is 0 Å². The van der Waals surface area contributed by atoms with Crippen molar-refractivity contribution in [3.63, 3.8) is 0 Å². The van der Waals surface area contributed by atoms with Crippen molar-refractivity contribution in [2.75, 3.05) is 53.5 Å². The van der Waals surface area contributed by atoms with Gasteiger partial charge < -0.3 is 23.7 Å². The Morgan fingerprint density at radius 2 is 1.70 bits per heavy atom. The molecule has 1 aliphatic carbocycles. The van der Waals surface area contributed by atoms with Gasteiger partial charge in [0.15, 0.2) is 0 Å². The van der Waals surface area contributed by atoms with Crippen LogP contribution in [0, 0.1) is 0 Å². The molecule has 6 rings (SSSR count). The van der Waals surface area contributed by atoms with E-state index < -0.39 is 11.6 Å². The lowest BCUT2D eigenvalue weighted by atomic mass is 9.81. The summed E-state index contributed by atoms with van der Waals surface area (Å²) in [5.41, 5.74) is 10.9. The first kappa shape index (κ1) is 35.4. The third-order valence-electron chi connectivity index (χ3n) is 9.77. The average Bonchev–Trinajstić information content (AvgIpc) is 3.33. The third-order valence-corrected chi connectivity index (χ3v) is 9.77. The fourth-order valence-corrected chi connectivity index (χ4v) is 7.31. The molecule has 1 aromatic heterocycles. The standard InChI is InChI=1S/C38H49N5O7/c1-38(2,3)49-37(46)42-19-17-41(18-20-42)16-15-39-50-40-35(44)26-11-13-31-32(23-26)43-24-28(36(45)48-5)21-27-22-29(47-4)12-14-30(27)34(43)33(31)25-9-7-6-8-10-25/h11-14,21-23,25,39H,6-10,15-20,24H2,1-5H3,(H,40,44). The van der Waals surface area contributed by atoms with Crippen molar-refractivity contribution < 1.29 is 33.5 Å². The van der Waals surface area contributed by atoms with Gasteiger partial charge in [-0.2, -0.15) is 10.4 Å². The summed E-state index contributed by atoms with van der Waals surface area (Å²) in [4.78, 5) is 48.0. The van der Waals surface area contributed by atoms with Crippen LogP contribution in [0.2, 0.25) is 0 Å². The van der Waals surface area contributed by atoms with Gasteiger partial charge in [0.05, 0.1) is 32.0 Å². The highest BCUT2D eigenvalue weighted by molar-refractivity contribution is 6.03. The Bertz CT molecular complexity index is 1760. The Kier molecular flexibility index (Phi) is 10.8. The fraction of sp³-hybridized carbons (Fsp3) is 0.500. The van der Waals surface area contributed by atoms with E-state index in [0.717, 1.165) is 53.7 Å². The zero-order valence-electron chi connectivity index (χ0n) is 29.8. The average molecular weight is 688 g/mol. The molecule has 3 heterocycles. The number of nitrogens with zero attached hydrogens (tertiary/aromatic N) is 3. The van der Waals surface area contributed by atoms with Gasteiger partial charge >= 0.3 is 12.1 Å². The largest absolute Gasteiger partial charge is 0.497 e. The number of rotatable bonds is 9. The second kappa shape index (κ2) is 15.2. The van der Waals surface area contributed by atoms with Crippen LogP contribution in [0.15, 0.2) is 42.0 Å². The highest BCUT2D eigenvalue weighted by Crippen LogP contribution is 2.47. The Hall–Kier alpha value is -4.39. The number of hydroxylamine groups is 2. The quantitative estimate of drug-likeness (QED) is 0.167. The monoisotopic (exact) mass is 687 g/mol. The number of ether oxygens (including phenoxy) is 3. The molecule has 2 N–H and O–H groups in total. The number of methoxy groups -OCH3 is 2. The minimum Gasteiger partial charge on any atom is -0.497 e. The van der Waals surface area contributed by atoms with Gasteiger partial charge in [-0.1, -0.05) is 25.3 Å². The molecule has 0 bridgehead atoms. The lowest BCUT2D eigenvalue weighted by Gasteiger charge is -2.35. The van der Waals surface area contributed by atoms with Gasteiger partial charge in [-0.3, -0.25) is 9.69 Å². The molecule has 1 saturated heterocycles. The Morgan fingerprint density at radius 1 is 0.940 bits per heavy atom. The van der Waals surface area contributed by atoms with E-state index in [2.05, 4.69) is 26.5 Å². The molecular weight excluding hydrogens is 638 g/mol. The maximum Gasteiger partial charge on any atom is 0.410 e. The van der Waals surface area contributed by atoms with Crippen molar-refractivity contribution >= 4 is 34.9 Å². The number of amides is 2. The number of benzene rings is 2. The first-order chi connectivity index (χ1) is 24.1. The van der Waals surface area contributed by atoms with E-state index >= 15 is 0 Å². The van der Waals surface area contributed by atoms with Crippen molar-refractivity contribution in [2.24, 2.45) is 0 Å². The maximum atomic E-state index is 13.3. The smallest absolute Gasteiger partial charge is 0.410 e. The molecule has 12 heteroatoms. The van der Waals surface area contributed by atoms with Gasteiger partial charge in [-0.05, 0) is 87.1 Å². The molecule has 1 saturated carbocycles. The second-order valence-electron chi connectivity index (χ2n) is 14.3. The number of nitrogens with one attached hydrogen (secondary N) is 2. The summed E-state index contributed by atoms with van der Waals surface area (Å²) in [6.45, 7) is 9.71. The van der Waals surface area contributed by atoms with Gasteiger partial charge in [0.1, 0.15) is 11.4 Å². The van der Waals surface area contributed by atoms with Crippen molar-refractivity contribution in [2.45, 2.75) is 70.9 Å². The summed E-state index contributed by atoms with van der Waals surface area (Å²) in [7, 11) is 3.03. The number of esters is 1. The van der Waals surface area contributed by atoms with E-state index in [4.69, 9.17) is 19.1 Å². The fourth-order valence-electron chi connectivity index (χ4n) is 7.31. The van der Waals surface area contributed by atoms with Crippen molar-refractivity contribution in [3.8, 4) is 17.0 Å². The van der Waals surface area contributed by atoms with Crippen LogP contribution in [0.3, 0.4) is 0 Å². The Labute approximate surface area is 293 Å². The van der Waals surface area contributed by atoms with E-state index in [-0.39, 0.29) is 12.0 Å². The molecule has 12 nitrogen and oxygen atoms in total. The first-order valence-electron chi connectivity index (χ1n) is 17.6. The van der Waals surface area contributed by atoms with Crippen molar-refractivity contribution in [3.05, 3.63) is 58.7 Å². The second-order valence-corrected chi connectivity index (χ2v) is 14.3. The number of carbonyl (C=O) groups is 3. The van der Waals surface area contributed by atoms with Crippen LogP contribution in [-0.4, -0.2) is 91.4 Å². The highest BCUT2D eigenvalue weighted by Gasteiger charge is 2.31. The van der Waals surface area contributed by atoms with Crippen LogP contribution in [0.25, 0.3) is 28.2 Å². The zero-order chi connectivity index (χ0) is 35.4. The lowest BCUT2D eigenvalue weighted by Crippen LogP contribution is -2.51. The van der Waals surface area contributed by atoms with Gasteiger partial charge in [-0.15, -0.1) is 0 Å². The van der Waals surface area contributed by atoms with Gasteiger partial charge in [-0.25, -0.2) is 15.1 Å². The topological polar surface area (TPSA) is 124 Å². The summed E-state index contributed by atoms with van der Waals surface area (Å²) >= 11 is 0. The molecule has 0 atom stereocenters. The molecule has 2 aromatic carbocycles. The summed E-state index contributed by atoms with van der Waals surface area (Å²) in [6, 6.07) is 11.7. The van der Waals surface area contributed by atoms with Crippen LogP contribution >= 0.6 is 0 Å². The first-order valence-corrected chi connectivity index (χ1v) is 17.6. The zero-order valence-corrected chi connectivity index (χ0v) is 29.8. The molecule has 0 radical (unpaired) electrons. The maximum absolute atomic E-state index is 13.3. The summed E-state index contributed by atoms with van der Waals surface area (Å²) < 4.78 is 18.4. The SMILES string of the molecule is COC(=O)C1=Cc2cc(OC)ccc2-c2c(C3CCCCC3)c3ccc(C(=O)NONCCN4CCN(C(=O)OC(C)(C)C)CC4)cc3n2C1. The van der Waals surface area contributed by atoms with Crippen LogP contribution in [0.1, 0.15) is 80.3 Å². The molecule has 3 aromatic rings. The minimum absolute atomic E-state index is 0.285. The molecule has 2 amide bonds. The number of carbonyl (C=O) groups excluding carboxylic acids is 3. The normalized spacial score (nSPS) is 17.0. The number of piperazine rings is 1. The van der Waals surface area contributed by atoms with Gasteiger partial charge in [0.2, 0.25) is 0 Å². The molecule has 3 aliphatic rings. The minimum atomic E-state index is -0.517. The number of hydrogen-bond donors (Lipinski definition) is 2. The summed E-state index contributed by atoms with van der Waals surface area (Å²) in [6.07, 6.45) is 7.37. The number of aromatic nitrogens is 1. The summed E-state index contributed by atoms with van der Waals surface area (Å²) in [5.74, 6) is 0.291. The third kappa shape index (κ3) is 7.82. The highest BCUT2D eigenvalue weighted by atomic mass is 16.8. The molecule has 268 valence electrons.